The molecule has 1 atom stereocenters. The molecule has 0 N–H and O–H groups in total. The van der Waals surface area contributed by atoms with E-state index in [9.17, 15) is 4.39 Å². The Morgan fingerprint density at radius 1 is 1.00 bits per heavy atom. The third-order valence-electron chi connectivity index (χ3n) is 6.60. The van der Waals surface area contributed by atoms with E-state index in [1.807, 2.05) is 12.1 Å². The van der Waals surface area contributed by atoms with Crippen LogP contribution in [0.1, 0.15) is 66.1 Å². The van der Waals surface area contributed by atoms with E-state index in [2.05, 4.69) is 64.6 Å². The van der Waals surface area contributed by atoms with Crippen molar-refractivity contribution >= 4 is 18.2 Å². The second kappa shape index (κ2) is 8.58. The lowest BCUT2D eigenvalue weighted by molar-refractivity contribution is 0.566. The van der Waals surface area contributed by atoms with Gasteiger partial charge in [-0.3, -0.25) is 0 Å². The average molecular weight is 440 g/mol. The van der Waals surface area contributed by atoms with Gasteiger partial charge in [0.05, 0.1) is 6.04 Å². The molecule has 164 valence electrons. The Bertz CT molecular complexity index is 1090. The molecule has 1 aliphatic rings. The van der Waals surface area contributed by atoms with Crippen LogP contribution in [0.5, 0.6) is 0 Å². The van der Waals surface area contributed by atoms with Crippen molar-refractivity contribution in [2.75, 3.05) is 11.4 Å². The number of halogens is 2. The zero-order valence-corrected chi connectivity index (χ0v) is 20.0. The second-order valence-corrected chi connectivity index (χ2v) is 9.03. The van der Waals surface area contributed by atoms with Gasteiger partial charge in [-0.05, 0) is 76.8 Å². The van der Waals surface area contributed by atoms with Gasteiger partial charge in [0.1, 0.15) is 17.5 Å². The highest BCUT2D eigenvalue weighted by molar-refractivity contribution is 5.85. The number of nitrogens with zero attached hydrogens (tertiary/aromatic N) is 3. The minimum absolute atomic E-state index is 0. The molecule has 1 aliphatic heterocycles. The smallest absolute Gasteiger partial charge is 0.140 e. The molecule has 1 unspecified atom stereocenters. The zero-order valence-electron chi connectivity index (χ0n) is 19.2. The summed E-state index contributed by atoms with van der Waals surface area (Å²) in [5.74, 6) is 1.55. The van der Waals surface area contributed by atoms with Gasteiger partial charge >= 0.3 is 0 Å². The molecule has 0 spiro atoms. The van der Waals surface area contributed by atoms with E-state index in [0.717, 1.165) is 41.4 Å². The Labute approximate surface area is 191 Å². The molecule has 0 radical (unpaired) electrons. The normalized spacial score (nSPS) is 16.0. The average Bonchev–Trinajstić information content (AvgIpc) is 2.70. The Kier molecular flexibility index (Phi) is 6.43. The van der Waals surface area contributed by atoms with Crippen molar-refractivity contribution in [2.45, 2.75) is 59.4 Å². The zero-order chi connectivity index (χ0) is 21.6. The third-order valence-corrected chi connectivity index (χ3v) is 6.60. The van der Waals surface area contributed by atoms with Crippen LogP contribution >= 0.6 is 12.4 Å². The van der Waals surface area contributed by atoms with Gasteiger partial charge in [0.2, 0.25) is 0 Å². The van der Waals surface area contributed by atoms with E-state index in [1.54, 1.807) is 0 Å². The molecule has 3 aromatic rings. The first-order chi connectivity index (χ1) is 14.2. The first kappa shape index (κ1) is 23.2. The first-order valence-corrected chi connectivity index (χ1v) is 10.7. The maximum Gasteiger partial charge on any atom is 0.140 e. The van der Waals surface area contributed by atoms with Crippen LogP contribution in [0.15, 0.2) is 42.5 Å². The van der Waals surface area contributed by atoms with E-state index in [4.69, 9.17) is 9.97 Å². The highest BCUT2D eigenvalue weighted by Crippen LogP contribution is 2.37. The van der Waals surface area contributed by atoms with Crippen molar-refractivity contribution in [3.63, 3.8) is 0 Å². The molecule has 0 bridgehead atoms. The molecule has 5 heteroatoms. The molecule has 2 aromatic carbocycles. The van der Waals surface area contributed by atoms with Crippen molar-refractivity contribution in [1.29, 1.82) is 0 Å². The van der Waals surface area contributed by atoms with Crippen LogP contribution in [0.3, 0.4) is 0 Å². The van der Waals surface area contributed by atoms with Crippen LogP contribution in [0, 0.1) is 26.6 Å². The van der Waals surface area contributed by atoms with Gasteiger partial charge in [0, 0.05) is 23.2 Å². The molecule has 31 heavy (non-hydrogen) atoms. The summed E-state index contributed by atoms with van der Waals surface area (Å²) in [6, 6.07) is 13.7. The molecule has 0 amide bonds. The van der Waals surface area contributed by atoms with Gasteiger partial charge < -0.3 is 4.90 Å². The lowest BCUT2D eigenvalue weighted by Gasteiger charge is -2.38. The summed E-state index contributed by atoms with van der Waals surface area (Å²) in [6.45, 7) is 13.7. The molecule has 0 aliphatic carbocycles. The molecule has 0 saturated carbocycles. The number of rotatable bonds is 3. The first-order valence-electron chi connectivity index (χ1n) is 10.7. The fourth-order valence-corrected chi connectivity index (χ4v) is 4.42. The number of hydrogen-bond acceptors (Lipinski definition) is 3. The largest absolute Gasteiger partial charge is 0.349 e. The Morgan fingerprint density at radius 2 is 1.68 bits per heavy atom. The van der Waals surface area contributed by atoms with E-state index in [-0.39, 0.29) is 24.3 Å². The fraction of sp³-hybridized carbons (Fsp3) is 0.385. The van der Waals surface area contributed by atoms with Crippen molar-refractivity contribution in [2.24, 2.45) is 0 Å². The Morgan fingerprint density at radius 3 is 2.35 bits per heavy atom. The van der Waals surface area contributed by atoms with Gasteiger partial charge in [-0.25, -0.2) is 14.4 Å². The van der Waals surface area contributed by atoms with Crippen LogP contribution < -0.4 is 4.90 Å². The van der Waals surface area contributed by atoms with Crippen LogP contribution in [0.4, 0.5) is 10.2 Å². The number of aromatic nitrogens is 2. The monoisotopic (exact) mass is 439 g/mol. The minimum Gasteiger partial charge on any atom is -0.349 e. The molecule has 0 fully saturated rings. The standard InChI is InChI=1S/C26H30FN3.ClH/c1-16-7-12-23-19(4)30(14-13-20(23)15-16)24-17(2)18(3)28-25(29-24)26(5,6)21-8-10-22(27)11-9-21;/h7-12,15,19H,13-14H2,1-6H3;1H. The van der Waals surface area contributed by atoms with Crippen molar-refractivity contribution < 1.29 is 4.39 Å². The number of benzene rings is 2. The lowest BCUT2D eigenvalue weighted by atomic mass is 9.83. The predicted molar refractivity (Wildman–Crippen MR) is 128 cm³/mol. The summed E-state index contributed by atoms with van der Waals surface area (Å²) in [7, 11) is 0. The lowest BCUT2D eigenvalue weighted by Crippen LogP contribution is -2.36. The van der Waals surface area contributed by atoms with Crippen molar-refractivity contribution in [3.05, 3.63) is 87.6 Å². The minimum atomic E-state index is -0.422. The number of aryl methyl sites for hydroxylation is 2. The molecule has 3 nitrogen and oxygen atoms in total. The van der Waals surface area contributed by atoms with Crippen LogP contribution in [-0.2, 0) is 11.8 Å². The highest BCUT2D eigenvalue weighted by Gasteiger charge is 2.31. The summed E-state index contributed by atoms with van der Waals surface area (Å²) in [5.41, 5.74) is 6.83. The van der Waals surface area contributed by atoms with Crippen molar-refractivity contribution in [1.82, 2.24) is 9.97 Å². The maximum absolute atomic E-state index is 13.5. The number of anilines is 1. The summed E-state index contributed by atoms with van der Waals surface area (Å²) in [5, 5.41) is 0. The summed E-state index contributed by atoms with van der Waals surface area (Å²) >= 11 is 0. The molecular formula is C26H31ClFN3. The van der Waals surface area contributed by atoms with E-state index in [1.165, 1.54) is 28.8 Å². The van der Waals surface area contributed by atoms with E-state index >= 15 is 0 Å². The van der Waals surface area contributed by atoms with Crippen LogP contribution in [0.2, 0.25) is 0 Å². The van der Waals surface area contributed by atoms with Crippen LogP contribution in [-0.4, -0.2) is 16.5 Å². The van der Waals surface area contributed by atoms with Gasteiger partial charge in [-0.2, -0.15) is 0 Å². The van der Waals surface area contributed by atoms with E-state index in [0.29, 0.717) is 0 Å². The summed E-state index contributed by atoms with van der Waals surface area (Å²) < 4.78 is 13.5. The molecule has 2 heterocycles. The molecular weight excluding hydrogens is 409 g/mol. The third kappa shape index (κ3) is 4.18. The Balaban J connectivity index is 0.00000272. The predicted octanol–water partition coefficient (Wildman–Crippen LogP) is 6.41. The summed E-state index contributed by atoms with van der Waals surface area (Å²) in [4.78, 5) is 12.3. The number of hydrogen-bond donors (Lipinski definition) is 0. The topological polar surface area (TPSA) is 29.0 Å². The number of fused-ring (bicyclic) bond motifs is 1. The van der Waals surface area contributed by atoms with Gasteiger partial charge in [0.15, 0.2) is 0 Å². The second-order valence-electron chi connectivity index (χ2n) is 9.03. The van der Waals surface area contributed by atoms with Crippen LogP contribution in [0.25, 0.3) is 0 Å². The van der Waals surface area contributed by atoms with Gasteiger partial charge in [0.25, 0.3) is 0 Å². The quantitative estimate of drug-likeness (QED) is 0.472. The molecule has 0 saturated heterocycles. The molecule has 4 rings (SSSR count). The maximum atomic E-state index is 13.5. The summed E-state index contributed by atoms with van der Waals surface area (Å²) in [6.07, 6.45) is 1.01. The Hall–Kier alpha value is -2.46. The van der Waals surface area contributed by atoms with Gasteiger partial charge in [-0.1, -0.05) is 35.9 Å². The van der Waals surface area contributed by atoms with E-state index < -0.39 is 5.41 Å². The fourth-order valence-electron chi connectivity index (χ4n) is 4.42. The highest BCUT2D eigenvalue weighted by atomic mass is 35.5. The van der Waals surface area contributed by atoms with Gasteiger partial charge in [-0.15, -0.1) is 12.4 Å². The SMILES string of the molecule is Cc1ccc2c(c1)CCN(c1nc(C(C)(C)c3ccc(F)cc3)nc(C)c1C)C2C.Cl. The van der Waals surface area contributed by atoms with Crippen molar-refractivity contribution in [3.8, 4) is 0 Å². The molecule has 1 aromatic heterocycles.